The molecule has 0 radical (unpaired) electrons. The summed E-state index contributed by atoms with van der Waals surface area (Å²) in [6.07, 6.45) is 11.0. The van der Waals surface area contributed by atoms with Gasteiger partial charge in [0.25, 0.3) is 5.88 Å². The first kappa shape index (κ1) is 16.0. The third-order valence-corrected chi connectivity index (χ3v) is 4.98. The van der Waals surface area contributed by atoms with Crippen LogP contribution in [0.5, 0.6) is 5.88 Å². The number of nitrogens with one attached hydrogen (secondary N) is 1. The average molecular weight is 318 g/mol. The van der Waals surface area contributed by atoms with Crippen molar-refractivity contribution < 1.29 is 9.53 Å². The molecule has 1 aliphatic carbocycles. The van der Waals surface area contributed by atoms with Crippen LogP contribution in [0.4, 0.5) is 5.82 Å². The number of hydrogen-bond donors (Lipinski definition) is 1. The fraction of sp³-hybridized carbons (Fsp3) is 0.706. The number of likely N-dealkylation sites (tertiary alicyclic amines) is 1. The summed E-state index contributed by atoms with van der Waals surface area (Å²) in [5, 5.41) is 3.40. The highest BCUT2D eigenvalue weighted by Gasteiger charge is 2.26. The molecule has 2 aliphatic rings. The Morgan fingerprint density at radius 3 is 2.61 bits per heavy atom. The highest BCUT2D eigenvalue weighted by atomic mass is 16.5. The Balaban J connectivity index is 1.47. The van der Waals surface area contributed by atoms with Crippen molar-refractivity contribution in [2.24, 2.45) is 5.92 Å². The van der Waals surface area contributed by atoms with Crippen molar-refractivity contribution in [2.75, 3.05) is 25.5 Å². The SMILES string of the molecule is COc1nccnc1NC1CCN(C(=O)CC2CCCC2)CC1. The number of rotatable bonds is 5. The van der Waals surface area contributed by atoms with Gasteiger partial charge >= 0.3 is 0 Å². The maximum Gasteiger partial charge on any atom is 0.257 e. The van der Waals surface area contributed by atoms with Crippen molar-refractivity contribution in [3.05, 3.63) is 12.4 Å². The molecule has 2 heterocycles. The molecule has 3 rings (SSSR count). The van der Waals surface area contributed by atoms with Crippen LogP contribution < -0.4 is 10.1 Å². The lowest BCUT2D eigenvalue weighted by molar-refractivity contribution is -0.133. The van der Waals surface area contributed by atoms with E-state index in [1.807, 2.05) is 4.90 Å². The number of nitrogens with zero attached hydrogens (tertiary/aromatic N) is 3. The molecule has 6 heteroatoms. The molecule has 2 fully saturated rings. The van der Waals surface area contributed by atoms with Crippen LogP contribution in [0.2, 0.25) is 0 Å². The predicted molar refractivity (Wildman–Crippen MR) is 88.4 cm³/mol. The normalized spacial score (nSPS) is 19.8. The lowest BCUT2D eigenvalue weighted by atomic mass is 10.0. The van der Waals surface area contributed by atoms with Crippen LogP contribution in [0.15, 0.2) is 12.4 Å². The van der Waals surface area contributed by atoms with Crippen molar-refractivity contribution in [1.29, 1.82) is 0 Å². The predicted octanol–water partition coefficient (Wildman–Crippen LogP) is 2.47. The minimum absolute atomic E-state index is 0.316. The van der Waals surface area contributed by atoms with Crippen LogP contribution in [-0.4, -0.2) is 47.0 Å². The summed E-state index contributed by atoms with van der Waals surface area (Å²) in [5.41, 5.74) is 0. The minimum Gasteiger partial charge on any atom is -0.478 e. The Morgan fingerprint density at radius 1 is 1.22 bits per heavy atom. The molecule has 1 N–H and O–H groups in total. The van der Waals surface area contributed by atoms with E-state index in [1.54, 1.807) is 19.5 Å². The van der Waals surface area contributed by atoms with E-state index in [9.17, 15) is 4.79 Å². The second kappa shape index (κ2) is 7.62. The van der Waals surface area contributed by atoms with Gasteiger partial charge in [0.15, 0.2) is 5.82 Å². The van der Waals surface area contributed by atoms with E-state index >= 15 is 0 Å². The van der Waals surface area contributed by atoms with E-state index in [-0.39, 0.29) is 0 Å². The van der Waals surface area contributed by atoms with Gasteiger partial charge in [-0.1, -0.05) is 12.8 Å². The number of aromatic nitrogens is 2. The molecule has 0 unspecified atom stereocenters. The summed E-state index contributed by atoms with van der Waals surface area (Å²) in [4.78, 5) is 22.9. The number of carbonyl (C=O) groups excluding carboxylic acids is 1. The zero-order valence-electron chi connectivity index (χ0n) is 13.8. The molecule has 0 aromatic carbocycles. The van der Waals surface area contributed by atoms with Crippen LogP contribution in [0.1, 0.15) is 44.9 Å². The number of amides is 1. The molecule has 1 saturated heterocycles. The van der Waals surface area contributed by atoms with Gasteiger partial charge in [-0.2, -0.15) is 0 Å². The lowest BCUT2D eigenvalue weighted by Gasteiger charge is -2.33. The minimum atomic E-state index is 0.316. The first-order valence-electron chi connectivity index (χ1n) is 8.65. The van der Waals surface area contributed by atoms with Crippen molar-refractivity contribution >= 4 is 11.7 Å². The van der Waals surface area contributed by atoms with Crippen molar-refractivity contribution in [3.8, 4) is 5.88 Å². The molecule has 1 aliphatic heterocycles. The van der Waals surface area contributed by atoms with E-state index in [1.165, 1.54) is 25.7 Å². The lowest BCUT2D eigenvalue weighted by Crippen LogP contribution is -2.42. The third kappa shape index (κ3) is 4.12. The molecular weight excluding hydrogens is 292 g/mol. The van der Waals surface area contributed by atoms with Crippen LogP contribution >= 0.6 is 0 Å². The van der Waals surface area contributed by atoms with Crippen LogP contribution in [0, 0.1) is 5.92 Å². The van der Waals surface area contributed by atoms with Crippen molar-refractivity contribution in [3.63, 3.8) is 0 Å². The molecule has 0 atom stereocenters. The number of methoxy groups -OCH3 is 1. The number of ether oxygens (including phenoxy) is 1. The molecule has 126 valence electrons. The van der Waals surface area contributed by atoms with E-state index in [0.717, 1.165) is 32.4 Å². The fourth-order valence-corrected chi connectivity index (χ4v) is 3.63. The number of piperidine rings is 1. The number of anilines is 1. The second-order valence-corrected chi connectivity index (χ2v) is 6.57. The van der Waals surface area contributed by atoms with Gasteiger partial charge in [0, 0.05) is 37.9 Å². The van der Waals surface area contributed by atoms with Crippen molar-refractivity contribution in [2.45, 2.75) is 51.0 Å². The maximum absolute atomic E-state index is 12.4. The number of hydrogen-bond acceptors (Lipinski definition) is 5. The molecule has 0 bridgehead atoms. The molecule has 1 aromatic rings. The Bertz CT molecular complexity index is 523. The average Bonchev–Trinajstić information content (AvgIpc) is 3.09. The van der Waals surface area contributed by atoms with E-state index in [4.69, 9.17) is 4.74 Å². The molecule has 1 saturated carbocycles. The monoisotopic (exact) mass is 318 g/mol. The topological polar surface area (TPSA) is 67.4 Å². The first-order chi connectivity index (χ1) is 11.3. The second-order valence-electron chi connectivity index (χ2n) is 6.57. The molecule has 1 aromatic heterocycles. The van der Waals surface area contributed by atoms with Crippen LogP contribution in [0.25, 0.3) is 0 Å². The van der Waals surface area contributed by atoms with Gasteiger partial charge in [-0.3, -0.25) is 4.79 Å². The van der Waals surface area contributed by atoms with Gasteiger partial charge in [0.2, 0.25) is 5.91 Å². The molecule has 6 nitrogen and oxygen atoms in total. The highest BCUT2D eigenvalue weighted by Crippen LogP contribution is 2.29. The Labute approximate surface area is 137 Å². The fourth-order valence-electron chi connectivity index (χ4n) is 3.63. The Hall–Kier alpha value is -1.85. The summed E-state index contributed by atoms with van der Waals surface area (Å²) in [6, 6.07) is 0.316. The third-order valence-electron chi connectivity index (χ3n) is 4.98. The molecule has 23 heavy (non-hydrogen) atoms. The van der Waals surface area contributed by atoms with Crippen LogP contribution in [0.3, 0.4) is 0 Å². The first-order valence-corrected chi connectivity index (χ1v) is 8.65. The summed E-state index contributed by atoms with van der Waals surface area (Å²) in [6.45, 7) is 1.65. The molecule has 0 spiro atoms. The van der Waals surface area contributed by atoms with Gasteiger partial charge < -0.3 is 15.0 Å². The molecular formula is C17H26N4O2. The highest BCUT2D eigenvalue weighted by molar-refractivity contribution is 5.76. The Kier molecular flexibility index (Phi) is 5.31. The zero-order chi connectivity index (χ0) is 16.1. The van der Waals surface area contributed by atoms with Gasteiger partial charge in [-0.25, -0.2) is 9.97 Å². The Morgan fingerprint density at radius 2 is 1.91 bits per heavy atom. The van der Waals surface area contributed by atoms with E-state index in [0.29, 0.717) is 29.6 Å². The maximum atomic E-state index is 12.4. The quantitative estimate of drug-likeness (QED) is 0.903. The molecule has 1 amide bonds. The van der Waals surface area contributed by atoms with E-state index in [2.05, 4.69) is 15.3 Å². The van der Waals surface area contributed by atoms with Crippen molar-refractivity contribution in [1.82, 2.24) is 14.9 Å². The van der Waals surface area contributed by atoms with Gasteiger partial charge in [-0.05, 0) is 31.6 Å². The van der Waals surface area contributed by atoms with Gasteiger partial charge in [-0.15, -0.1) is 0 Å². The summed E-state index contributed by atoms with van der Waals surface area (Å²) >= 11 is 0. The standard InChI is InChI=1S/C17H26N4O2/c1-23-17-16(18-8-9-19-17)20-14-6-10-21(11-7-14)15(22)12-13-4-2-3-5-13/h8-9,13-14H,2-7,10-12H2,1H3,(H,18,20). The van der Waals surface area contributed by atoms with Crippen LogP contribution in [-0.2, 0) is 4.79 Å². The smallest absolute Gasteiger partial charge is 0.257 e. The van der Waals surface area contributed by atoms with E-state index < -0.39 is 0 Å². The zero-order valence-corrected chi connectivity index (χ0v) is 13.8. The largest absolute Gasteiger partial charge is 0.478 e. The van der Waals surface area contributed by atoms with Gasteiger partial charge in [0.05, 0.1) is 7.11 Å². The van der Waals surface area contributed by atoms with Gasteiger partial charge in [0.1, 0.15) is 0 Å². The summed E-state index contributed by atoms with van der Waals surface area (Å²) in [7, 11) is 1.60. The number of carbonyl (C=O) groups is 1. The summed E-state index contributed by atoms with van der Waals surface area (Å²) in [5.74, 6) is 2.17. The summed E-state index contributed by atoms with van der Waals surface area (Å²) < 4.78 is 5.22.